The highest BCUT2D eigenvalue weighted by Gasteiger charge is 2.21. The lowest BCUT2D eigenvalue weighted by molar-refractivity contribution is 0.0473. The lowest BCUT2D eigenvalue weighted by atomic mass is 10.1. The number of nitrogens with zero attached hydrogens (tertiary/aromatic N) is 2. The Morgan fingerprint density at radius 2 is 1.63 bits per heavy atom. The van der Waals surface area contributed by atoms with Crippen molar-refractivity contribution in [1.82, 2.24) is 9.78 Å². The van der Waals surface area contributed by atoms with Gasteiger partial charge in [-0.3, -0.25) is 4.79 Å². The van der Waals surface area contributed by atoms with Gasteiger partial charge in [0.15, 0.2) is 11.5 Å². The fraction of sp³-hybridized carbons (Fsp3) is 0.115. The van der Waals surface area contributed by atoms with Crippen LogP contribution in [0.15, 0.2) is 79.1 Å². The summed E-state index contributed by atoms with van der Waals surface area (Å²) in [5.41, 5.74) is 2.13. The highest BCUT2D eigenvalue weighted by molar-refractivity contribution is 6.34. The minimum Gasteiger partial charge on any atom is -0.493 e. The van der Waals surface area contributed by atoms with Gasteiger partial charge in [-0.15, -0.1) is 0 Å². The Kier molecular flexibility index (Phi) is 7.32. The van der Waals surface area contributed by atoms with Gasteiger partial charge < -0.3 is 19.5 Å². The molecule has 1 N–H and O–H groups in total. The summed E-state index contributed by atoms with van der Waals surface area (Å²) in [5, 5.41) is 7.31. The third-order valence-electron chi connectivity index (χ3n) is 5.14. The molecule has 4 rings (SSSR count). The van der Waals surface area contributed by atoms with Crippen LogP contribution in [-0.2, 0) is 11.3 Å². The molecular formula is C26H22ClN3O5. The summed E-state index contributed by atoms with van der Waals surface area (Å²) < 4.78 is 17.9. The van der Waals surface area contributed by atoms with Crippen molar-refractivity contribution in [2.75, 3.05) is 19.5 Å². The molecule has 0 unspecified atom stereocenters. The Morgan fingerprint density at radius 1 is 0.943 bits per heavy atom. The zero-order valence-corrected chi connectivity index (χ0v) is 19.8. The van der Waals surface area contributed by atoms with Crippen molar-refractivity contribution >= 4 is 29.2 Å². The molecule has 0 aliphatic carbocycles. The maximum Gasteiger partial charge on any atom is 0.340 e. The van der Waals surface area contributed by atoms with Gasteiger partial charge in [0.1, 0.15) is 6.61 Å². The Bertz CT molecular complexity index is 1350. The van der Waals surface area contributed by atoms with Gasteiger partial charge in [-0.2, -0.15) is 5.10 Å². The Labute approximate surface area is 207 Å². The summed E-state index contributed by atoms with van der Waals surface area (Å²) in [7, 11) is 2.91. The highest BCUT2D eigenvalue weighted by Crippen LogP contribution is 2.34. The maximum absolute atomic E-state index is 13.0. The number of carbonyl (C=O) groups excluding carboxylic acids is 2. The minimum absolute atomic E-state index is 0.0160. The SMILES string of the molecule is COc1cc(NC(=O)c2ccccc2Cl)c(C(=O)OCc2cnn(-c3ccccc3)c2)cc1OC. The largest absolute Gasteiger partial charge is 0.493 e. The van der Waals surface area contributed by atoms with Crippen LogP contribution in [0.5, 0.6) is 11.5 Å². The van der Waals surface area contributed by atoms with E-state index in [0.29, 0.717) is 17.1 Å². The number of hydrogen-bond donors (Lipinski definition) is 1. The molecule has 3 aromatic carbocycles. The van der Waals surface area contributed by atoms with Crippen LogP contribution in [0, 0.1) is 0 Å². The van der Waals surface area contributed by atoms with Gasteiger partial charge in [-0.05, 0) is 24.3 Å². The summed E-state index contributed by atoms with van der Waals surface area (Å²) in [6.07, 6.45) is 3.40. The molecular weight excluding hydrogens is 470 g/mol. The molecule has 0 radical (unpaired) electrons. The first-order valence-corrected chi connectivity index (χ1v) is 11.0. The van der Waals surface area contributed by atoms with E-state index in [9.17, 15) is 9.59 Å². The van der Waals surface area contributed by atoms with Crippen molar-refractivity contribution in [3.63, 3.8) is 0 Å². The number of rotatable bonds is 8. The smallest absolute Gasteiger partial charge is 0.340 e. The first kappa shape index (κ1) is 23.8. The first-order valence-electron chi connectivity index (χ1n) is 10.6. The molecule has 8 nitrogen and oxygen atoms in total. The van der Waals surface area contributed by atoms with Gasteiger partial charge in [0, 0.05) is 23.9 Å². The number of aromatic nitrogens is 2. The van der Waals surface area contributed by atoms with Crippen molar-refractivity contribution in [2.24, 2.45) is 0 Å². The molecule has 1 amide bonds. The third-order valence-corrected chi connectivity index (χ3v) is 5.47. The lowest BCUT2D eigenvalue weighted by Crippen LogP contribution is -2.16. The maximum atomic E-state index is 13.0. The van der Waals surface area contributed by atoms with Crippen LogP contribution in [0.25, 0.3) is 5.69 Å². The van der Waals surface area contributed by atoms with E-state index in [2.05, 4.69) is 10.4 Å². The van der Waals surface area contributed by atoms with Gasteiger partial charge in [0.2, 0.25) is 0 Å². The summed E-state index contributed by atoms with van der Waals surface area (Å²) in [6, 6.07) is 19.1. The molecule has 0 spiro atoms. The number of hydrogen-bond acceptors (Lipinski definition) is 6. The van der Waals surface area contributed by atoms with Crippen LogP contribution >= 0.6 is 11.6 Å². The number of nitrogens with one attached hydrogen (secondary N) is 1. The number of amides is 1. The molecule has 0 atom stereocenters. The molecule has 9 heteroatoms. The van der Waals surface area contributed by atoms with Gasteiger partial charge >= 0.3 is 5.97 Å². The molecule has 1 heterocycles. The van der Waals surface area contributed by atoms with Gasteiger partial charge in [0.25, 0.3) is 5.91 Å². The monoisotopic (exact) mass is 491 g/mol. The Hall–Kier alpha value is -4.30. The van der Waals surface area contributed by atoms with E-state index < -0.39 is 11.9 Å². The molecule has 0 saturated carbocycles. The fourth-order valence-corrected chi connectivity index (χ4v) is 3.59. The zero-order chi connectivity index (χ0) is 24.8. The van der Waals surface area contributed by atoms with Crippen molar-refractivity contribution in [3.05, 3.63) is 101 Å². The van der Waals surface area contributed by atoms with Gasteiger partial charge in [0.05, 0.1) is 47.9 Å². The molecule has 1 aromatic heterocycles. The molecule has 35 heavy (non-hydrogen) atoms. The van der Waals surface area contributed by atoms with E-state index >= 15 is 0 Å². The third kappa shape index (κ3) is 5.44. The van der Waals surface area contributed by atoms with E-state index in [1.165, 1.54) is 26.4 Å². The molecule has 0 fully saturated rings. The highest BCUT2D eigenvalue weighted by atomic mass is 35.5. The summed E-state index contributed by atoms with van der Waals surface area (Å²) >= 11 is 6.15. The van der Waals surface area contributed by atoms with E-state index in [-0.39, 0.29) is 28.4 Å². The van der Waals surface area contributed by atoms with E-state index in [0.717, 1.165) is 5.69 Å². The molecule has 0 bridgehead atoms. The molecule has 0 saturated heterocycles. The van der Waals surface area contributed by atoms with Crippen LogP contribution in [0.3, 0.4) is 0 Å². The fourth-order valence-electron chi connectivity index (χ4n) is 3.37. The number of methoxy groups -OCH3 is 2. The van der Waals surface area contributed by atoms with Crippen molar-refractivity contribution < 1.29 is 23.8 Å². The average molecular weight is 492 g/mol. The normalized spacial score (nSPS) is 10.5. The van der Waals surface area contributed by atoms with Gasteiger partial charge in [-0.25, -0.2) is 9.48 Å². The molecule has 4 aromatic rings. The van der Waals surface area contributed by atoms with Crippen LogP contribution in [0.2, 0.25) is 5.02 Å². The number of carbonyl (C=O) groups is 2. The molecule has 178 valence electrons. The van der Waals surface area contributed by atoms with E-state index in [1.807, 2.05) is 30.3 Å². The zero-order valence-electron chi connectivity index (χ0n) is 19.0. The van der Waals surface area contributed by atoms with Gasteiger partial charge in [-0.1, -0.05) is 41.9 Å². The van der Waals surface area contributed by atoms with Crippen molar-refractivity contribution in [3.8, 4) is 17.2 Å². The van der Waals surface area contributed by atoms with Crippen molar-refractivity contribution in [1.29, 1.82) is 0 Å². The number of esters is 1. The summed E-state index contributed by atoms with van der Waals surface area (Å²) in [6.45, 7) is -0.0160. The number of halogens is 1. The first-order chi connectivity index (χ1) is 17.0. The second kappa shape index (κ2) is 10.8. The average Bonchev–Trinajstić information content (AvgIpc) is 3.37. The second-order valence-corrected chi connectivity index (χ2v) is 7.80. The van der Waals surface area contributed by atoms with E-state index in [4.69, 9.17) is 25.8 Å². The predicted octanol–water partition coefficient (Wildman–Crippen LogP) is 5.15. The summed E-state index contributed by atoms with van der Waals surface area (Å²) in [4.78, 5) is 25.9. The molecule has 0 aliphatic heterocycles. The van der Waals surface area contributed by atoms with Crippen molar-refractivity contribution in [2.45, 2.75) is 6.61 Å². The number of ether oxygens (including phenoxy) is 3. The molecule has 0 aliphatic rings. The van der Waals surface area contributed by atoms with Crippen LogP contribution in [0.4, 0.5) is 5.69 Å². The number of para-hydroxylation sites is 1. The second-order valence-electron chi connectivity index (χ2n) is 7.39. The van der Waals surface area contributed by atoms with Crippen LogP contribution in [-0.4, -0.2) is 35.9 Å². The Balaban J connectivity index is 1.56. The van der Waals surface area contributed by atoms with Crippen LogP contribution in [0.1, 0.15) is 26.3 Å². The number of anilines is 1. The quantitative estimate of drug-likeness (QED) is 0.343. The minimum atomic E-state index is -0.659. The van der Waals surface area contributed by atoms with Crippen LogP contribution < -0.4 is 14.8 Å². The standard InChI is InChI=1S/C26H22ClN3O5/c1-33-23-12-20(22(13-24(23)34-2)29-25(31)19-10-6-7-11-21(19)27)26(32)35-16-17-14-28-30(15-17)18-8-4-3-5-9-18/h3-15H,16H2,1-2H3,(H,29,31). The predicted molar refractivity (Wildman–Crippen MR) is 132 cm³/mol. The van der Waals surface area contributed by atoms with E-state index in [1.54, 1.807) is 41.3 Å². The lowest BCUT2D eigenvalue weighted by Gasteiger charge is -2.15. The number of benzene rings is 3. The summed E-state index contributed by atoms with van der Waals surface area (Å²) in [5.74, 6) is -0.497. The topological polar surface area (TPSA) is 91.7 Å². The Morgan fingerprint density at radius 3 is 2.34 bits per heavy atom.